The number of nitrogens with one attached hydrogen (secondary N) is 1. The van der Waals surface area contributed by atoms with Gasteiger partial charge in [0.05, 0.1) is 20.1 Å². The van der Waals surface area contributed by atoms with Gasteiger partial charge >= 0.3 is 0 Å². The largest absolute Gasteiger partial charge is 0.493 e. The third-order valence-corrected chi connectivity index (χ3v) is 3.20. The van der Waals surface area contributed by atoms with Gasteiger partial charge in [-0.25, -0.2) is 0 Å². The van der Waals surface area contributed by atoms with E-state index in [9.17, 15) is 4.79 Å². The van der Waals surface area contributed by atoms with Crippen LogP contribution in [0.3, 0.4) is 0 Å². The van der Waals surface area contributed by atoms with E-state index in [4.69, 9.17) is 9.47 Å². The minimum atomic E-state index is -0.146. The van der Waals surface area contributed by atoms with Gasteiger partial charge in [-0.05, 0) is 36.6 Å². The molecule has 92 valence electrons. The lowest BCUT2D eigenvalue weighted by atomic mass is 9.94. The molecule has 1 aliphatic rings. The first-order chi connectivity index (χ1) is 8.17. The molecule has 0 saturated carbocycles. The Morgan fingerprint density at radius 3 is 2.53 bits per heavy atom. The van der Waals surface area contributed by atoms with E-state index in [0.29, 0.717) is 18.0 Å². The van der Waals surface area contributed by atoms with Crippen molar-refractivity contribution in [2.45, 2.75) is 19.3 Å². The number of carbonyl (C=O) groups is 1. The van der Waals surface area contributed by atoms with Crippen LogP contribution in [0.15, 0.2) is 12.1 Å². The predicted octanol–water partition coefficient (Wildman–Crippen LogP) is 1.48. The smallest absolute Gasteiger partial charge is 0.227 e. The van der Waals surface area contributed by atoms with Gasteiger partial charge in [0.1, 0.15) is 0 Å². The minimum absolute atomic E-state index is 0.0657. The Labute approximate surface area is 101 Å². The minimum Gasteiger partial charge on any atom is -0.493 e. The second kappa shape index (κ2) is 4.65. The molecule has 0 saturated heterocycles. The van der Waals surface area contributed by atoms with Crippen LogP contribution >= 0.6 is 0 Å². The van der Waals surface area contributed by atoms with E-state index >= 15 is 0 Å². The van der Waals surface area contributed by atoms with Crippen LogP contribution in [-0.2, 0) is 11.2 Å². The van der Waals surface area contributed by atoms with Gasteiger partial charge in [0.25, 0.3) is 0 Å². The van der Waals surface area contributed by atoms with Gasteiger partial charge in [0.15, 0.2) is 11.5 Å². The van der Waals surface area contributed by atoms with Crippen molar-refractivity contribution >= 4 is 5.91 Å². The van der Waals surface area contributed by atoms with Crippen molar-refractivity contribution in [3.8, 4) is 11.5 Å². The Hall–Kier alpha value is -1.71. The molecule has 0 radical (unpaired) electrons. The van der Waals surface area contributed by atoms with Crippen molar-refractivity contribution in [2.75, 3.05) is 20.8 Å². The first-order valence-electron chi connectivity index (χ1n) is 5.70. The zero-order valence-corrected chi connectivity index (χ0v) is 10.4. The predicted molar refractivity (Wildman–Crippen MR) is 64.7 cm³/mol. The number of carbonyl (C=O) groups excluding carboxylic acids is 1. The van der Waals surface area contributed by atoms with Crippen LogP contribution in [0.1, 0.15) is 24.0 Å². The molecule has 1 aromatic rings. The molecule has 0 aliphatic carbocycles. The molecular formula is C13H17NO3. The van der Waals surface area contributed by atoms with Gasteiger partial charge < -0.3 is 14.8 Å². The molecule has 0 bridgehead atoms. The number of methoxy groups -OCH3 is 2. The quantitative estimate of drug-likeness (QED) is 0.844. The lowest BCUT2D eigenvalue weighted by Crippen LogP contribution is -2.26. The molecule has 0 aromatic heterocycles. The summed E-state index contributed by atoms with van der Waals surface area (Å²) < 4.78 is 10.5. The summed E-state index contributed by atoms with van der Waals surface area (Å²) in [6, 6.07) is 3.87. The molecule has 1 atom stereocenters. The van der Waals surface area contributed by atoms with Crippen molar-refractivity contribution in [1.82, 2.24) is 5.32 Å². The van der Waals surface area contributed by atoms with Crippen LogP contribution in [0.2, 0.25) is 0 Å². The fourth-order valence-corrected chi connectivity index (χ4v) is 2.17. The molecular weight excluding hydrogens is 218 g/mol. The number of ether oxygens (including phenoxy) is 2. The van der Waals surface area contributed by atoms with Crippen LogP contribution in [0.4, 0.5) is 0 Å². The normalized spacial score (nSPS) is 19.0. The molecule has 2 rings (SSSR count). The van der Waals surface area contributed by atoms with E-state index in [1.165, 1.54) is 0 Å². The molecule has 0 spiro atoms. The van der Waals surface area contributed by atoms with Gasteiger partial charge in [0, 0.05) is 6.54 Å². The summed E-state index contributed by atoms with van der Waals surface area (Å²) in [7, 11) is 3.22. The number of amides is 1. The molecule has 1 aliphatic heterocycles. The van der Waals surface area contributed by atoms with Crippen LogP contribution in [0, 0.1) is 0 Å². The van der Waals surface area contributed by atoms with Crippen LogP contribution in [0.5, 0.6) is 11.5 Å². The summed E-state index contributed by atoms with van der Waals surface area (Å²) >= 11 is 0. The summed E-state index contributed by atoms with van der Waals surface area (Å²) in [5.74, 6) is 1.31. The van der Waals surface area contributed by atoms with Crippen molar-refractivity contribution in [2.24, 2.45) is 0 Å². The van der Waals surface area contributed by atoms with E-state index < -0.39 is 0 Å². The molecule has 1 aromatic carbocycles. The molecule has 1 N–H and O–H groups in total. The summed E-state index contributed by atoms with van der Waals surface area (Å²) in [5, 5.41) is 2.90. The Bertz CT molecular complexity index is 443. The van der Waals surface area contributed by atoms with E-state index in [-0.39, 0.29) is 11.8 Å². The van der Waals surface area contributed by atoms with Gasteiger partial charge in [0.2, 0.25) is 5.91 Å². The van der Waals surface area contributed by atoms with Gasteiger partial charge in [-0.3, -0.25) is 4.79 Å². The highest BCUT2D eigenvalue weighted by atomic mass is 16.5. The fourth-order valence-electron chi connectivity index (χ4n) is 2.17. The first kappa shape index (κ1) is 11.8. The number of hydrogen-bond acceptors (Lipinski definition) is 3. The van der Waals surface area contributed by atoms with E-state index in [2.05, 4.69) is 5.32 Å². The van der Waals surface area contributed by atoms with E-state index in [1.54, 1.807) is 14.2 Å². The van der Waals surface area contributed by atoms with E-state index in [0.717, 1.165) is 17.5 Å². The lowest BCUT2D eigenvalue weighted by Gasteiger charge is -2.15. The molecule has 4 heteroatoms. The van der Waals surface area contributed by atoms with Crippen LogP contribution in [0.25, 0.3) is 0 Å². The maximum Gasteiger partial charge on any atom is 0.227 e. The van der Waals surface area contributed by atoms with Gasteiger partial charge in [-0.15, -0.1) is 0 Å². The van der Waals surface area contributed by atoms with Crippen molar-refractivity contribution in [3.05, 3.63) is 23.3 Å². The fraction of sp³-hybridized carbons (Fsp3) is 0.462. The second-order valence-electron chi connectivity index (χ2n) is 4.17. The monoisotopic (exact) mass is 235 g/mol. The summed E-state index contributed by atoms with van der Waals surface area (Å²) in [4.78, 5) is 11.7. The average Bonchev–Trinajstić information content (AvgIpc) is 2.48. The highest BCUT2D eigenvalue weighted by Gasteiger charge is 2.23. The summed E-state index contributed by atoms with van der Waals surface area (Å²) in [5.41, 5.74) is 2.17. The zero-order valence-electron chi connectivity index (χ0n) is 10.4. The van der Waals surface area contributed by atoms with Crippen molar-refractivity contribution < 1.29 is 14.3 Å². The van der Waals surface area contributed by atoms with Gasteiger partial charge in [-0.1, -0.05) is 0 Å². The molecule has 4 nitrogen and oxygen atoms in total. The molecule has 1 amide bonds. The van der Waals surface area contributed by atoms with Crippen LogP contribution in [-0.4, -0.2) is 26.7 Å². The molecule has 1 heterocycles. The van der Waals surface area contributed by atoms with Crippen molar-refractivity contribution in [1.29, 1.82) is 0 Å². The summed E-state index contributed by atoms with van der Waals surface area (Å²) in [6.07, 6.45) is 0.825. The van der Waals surface area contributed by atoms with Crippen molar-refractivity contribution in [3.63, 3.8) is 0 Å². The molecule has 0 fully saturated rings. The number of fused-ring (bicyclic) bond motifs is 1. The lowest BCUT2D eigenvalue weighted by molar-refractivity contribution is -0.121. The second-order valence-corrected chi connectivity index (χ2v) is 4.17. The zero-order chi connectivity index (χ0) is 12.4. The average molecular weight is 235 g/mol. The van der Waals surface area contributed by atoms with Gasteiger partial charge in [-0.2, -0.15) is 0 Å². The number of hydrogen-bond donors (Lipinski definition) is 1. The number of benzene rings is 1. The Kier molecular flexibility index (Phi) is 3.22. The SMILES string of the molecule is COc1cc2c(cc1OC)C(C)C(=O)NCC2. The standard InChI is InChI=1S/C13H17NO3/c1-8-10-7-12(17-3)11(16-2)6-9(10)4-5-14-13(8)15/h6-8H,4-5H2,1-3H3,(H,14,15). The van der Waals surface area contributed by atoms with Crippen LogP contribution < -0.4 is 14.8 Å². The Balaban J connectivity index is 2.52. The Morgan fingerprint density at radius 1 is 1.24 bits per heavy atom. The third-order valence-electron chi connectivity index (χ3n) is 3.20. The Morgan fingerprint density at radius 2 is 1.88 bits per heavy atom. The third kappa shape index (κ3) is 2.07. The number of rotatable bonds is 2. The molecule has 17 heavy (non-hydrogen) atoms. The topological polar surface area (TPSA) is 47.6 Å². The molecule has 1 unspecified atom stereocenters. The highest BCUT2D eigenvalue weighted by molar-refractivity contribution is 5.84. The van der Waals surface area contributed by atoms with E-state index in [1.807, 2.05) is 19.1 Å². The maximum absolute atomic E-state index is 11.7. The maximum atomic E-state index is 11.7. The first-order valence-corrected chi connectivity index (χ1v) is 5.70. The highest BCUT2D eigenvalue weighted by Crippen LogP contribution is 2.34. The summed E-state index contributed by atoms with van der Waals surface area (Å²) in [6.45, 7) is 2.58.